The highest BCUT2D eigenvalue weighted by molar-refractivity contribution is 5.45. The van der Waals surface area contributed by atoms with Gasteiger partial charge in [0.15, 0.2) is 0 Å². The van der Waals surface area contributed by atoms with Crippen molar-refractivity contribution in [1.29, 1.82) is 0 Å². The molecular formula is C16H21N7O. The van der Waals surface area contributed by atoms with E-state index in [4.69, 9.17) is 4.74 Å². The van der Waals surface area contributed by atoms with Crippen LogP contribution in [0.1, 0.15) is 11.3 Å². The highest BCUT2D eigenvalue weighted by atomic mass is 16.5. The van der Waals surface area contributed by atoms with E-state index in [9.17, 15) is 0 Å². The van der Waals surface area contributed by atoms with Crippen molar-refractivity contribution in [2.24, 2.45) is 0 Å². The highest BCUT2D eigenvalue weighted by Gasteiger charge is 2.06. The first-order valence-corrected chi connectivity index (χ1v) is 7.75. The number of likely N-dealkylation sites (N-methyl/N-ethyl adjacent to an activating group) is 1. The number of hydrogen-bond acceptors (Lipinski definition) is 7. The quantitative estimate of drug-likeness (QED) is 0.702. The number of aryl methyl sites for hydroxylation is 1. The van der Waals surface area contributed by atoms with Gasteiger partial charge in [-0.3, -0.25) is 0 Å². The summed E-state index contributed by atoms with van der Waals surface area (Å²) in [7, 11) is 4.03. The Bertz CT molecular complexity index is 815. The Labute approximate surface area is 140 Å². The Morgan fingerprint density at radius 3 is 2.96 bits per heavy atom. The molecule has 126 valence electrons. The fraction of sp³-hybridized carbons (Fsp3) is 0.375. The molecule has 0 aliphatic carbocycles. The number of ether oxygens (including phenoxy) is 1. The van der Waals surface area contributed by atoms with Crippen molar-refractivity contribution in [3.05, 3.63) is 42.0 Å². The van der Waals surface area contributed by atoms with E-state index in [0.29, 0.717) is 24.8 Å². The summed E-state index contributed by atoms with van der Waals surface area (Å²) in [4.78, 5) is 14.8. The van der Waals surface area contributed by atoms with Crippen LogP contribution < -0.4 is 10.1 Å². The lowest BCUT2D eigenvalue weighted by molar-refractivity contribution is 0.253. The number of nitrogens with one attached hydrogen (secondary N) is 1. The molecule has 3 heterocycles. The third kappa shape index (κ3) is 3.96. The largest absolute Gasteiger partial charge is 0.476 e. The van der Waals surface area contributed by atoms with Crippen LogP contribution in [0.2, 0.25) is 0 Å². The molecule has 0 aliphatic heterocycles. The van der Waals surface area contributed by atoms with E-state index < -0.39 is 0 Å². The van der Waals surface area contributed by atoms with E-state index in [2.05, 4.69) is 30.3 Å². The Morgan fingerprint density at radius 1 is 1.25 bits per heavy atom. The molecule has 1 N–H and O–H groups in total. The van der Waals surface area contributed by atoms with Gasteiger partial charge >= 0.3 is 0 Å². The van der Waals surface area contributed by atoms with Gasteiger partial charge in [-0.25, -0.2) is 9.97 Å². The topological polar surface area (TPSA) is 80.5 Å². The Balaban J connectivity index is 1.66. The molecule has 8 nitrogen and oxygen atoms in total. The minimum absolute atomic E-state index is 0.583. The van der Waals surface area contributed by atoms with Gasteiger partial charge in [0.1, 0.15) is 18.8 Å². The van der Waals surface area contributed by atoms with Crippen molar-refractivity contribution in [2.75, 3.05) is 32.6 Å². The van der Waals surface area contributed by atoms with E-state index in [1.165, 1.54) is 6.33 Å². The molecule has 3 rings (SSSR count). The third-order valence-electron chi connectivity index (χ3n) is 3.44. The van der Waals surface area contributed by atoms with Gasteiger partial charge in [-0.15, -0.1) is 0 Å². The minimum atomic E-state index is 0.583. The van der Waals surface area contributed by atoms with Crippen LogP contribution in [-0.2, 0) is 6.54 Å². The van der Waals surface area contributed by atoms with Crippen molar-refractivity contribution >= 4 is 11.6 Å². The molecule has 0 saturated heterocycles. The van der Waals surface area contributed by atoms with Crippen molar-refractivity contribution in [2.45, 2.75) is 13.5 Å². The standard InChI is InChI=1S/C16H21N7O/c1-12-8-14(23-16(21-12)19-11-20-23)18-10-13-4-5-17-15(9-13)24-7-6-22(2)3/h4-5,8-9,11,18H,6-7,10H2,1-3H3. The molecule has 0 bridgehead atoms. The van der Waals surface area contributed by atoms with Crippen molar-refractivity contribution in [3.8, 4) is 5.88 Å². The van der Waals surface area contributed by atoms with Gasteiger partial charge in [-0.1, -0.05) is 0 Å². The molecule has 0 unspecified atom stereocenters. The molecule has 0 amide bonds. The lowest BCUT2D eigenvalue weighted by Crippen LogP contribution is -2.19. The average molecular weight is 327 g/mol. The zero-order valence-corrected chi connectivity index (χ0v) is 14.1. The number of aromatic nitrogens is 5. The van der Waals surface area contributed by atoms with E-state index >= 15 is 0 Å². The second-order valence-electron chi connectivity index (χ2n) is 5.76. The molecule has 0 aromatic carbocycles. The summed E-state index contributed by atoms with van der Waals surface area (Å²) in [5.74, 6) is 2.06. The summed E-state index contributed by atoms with van der Waals surface area (Å²) < 4.78 is 7.35. The zero-order chi connectivity index (χ0) is 16.9. The Morgan fingerprint density at radius 2 is 2.12 bits per heavy atom. The van der Waals surface area contributed by atoms with Crippen molar-refractivity contribution < 1.29 is 4.74 Å². The lowest BCUT2D eigenvalue weighted by Gasteiger charge is -2.12. The lowest BCUT2D eigenvalue weighted by atomic mass is 10.2. The molecule has 3 aromatic rings. The van der Waals surface area contributed by atoms with Gasteiger partial charge in [0.25, 0.3) is 5.78 Å². The molecule has 3 aromatic heterocycles. The first-order chi connectivity index (χ1) is 11.6. The molecule has 8 heteroatoms. The highest BCUT2D eigenvalue weighted by Crippen LogP contribution is 2.14. The van der Waals surface area contributed by atoms with Gasteiger partial charge in [-0.05, 0) is 32.6 Å². The Kier molecular flexibility index (Phi) is 4.85. The fourth-order valence-corrected chi connectivity index (χ4v) is 2.22. The van der Waals surface area contributed by atoms with Gasteiger partial charge < -0.3 is 15.0 Å². The zero-order valence-electron chi connectivity index (χ0n) is 14.1. The maximum absolute atomic E-state index is 5.67. The van der Waals surface area contributed by atoms with Gasteiger partial charge in [-0.2, -0.15) is 14.6 Å². The molecule has 0 radical (unpaired) electrons. The molecule has 24 heavy (non-hydrogen) atoms. The first-order valence-electron chi connectivity index (χ1n) is 7.75. The van der Waals surface area contributed by atoms with Crippen molar-refractivity contribution in [1.82, 2.24) is 29.5 Å². The molecule has 0 aliphatic rings. The summed E-state index contributed by atoms with van der Waals surface area (Å²) in [5.41, 5.74) is 1.97. The van der Waals surface area contributed by atoms with Crippen LogP contribution in [0.3, 0.4) is 0 Å². The summed E-state index contributed by atoms with van der Waals surface area (Å²) in [5, 5.41) is 7.55. The van der Waals surface area contributed by atoms with Crippen LogP contribution in [-0.4, -0.2) is 56.7 Å². The van der Waals surface area contributed by atoms with E-state index in [-0.39, 0.29) is 0 Å². The van der Waals surface area contributed by atoms with E-state index in [1.807, 2.05) is 39.2 Å². The normalized spacial score (nSPS) is 11.2. The number of fused-ring (bicyclic) bond motifs is 1. The van der Waals surface area contributed by atoms with Crippen LogP contribution >= 0.6 is 0 Å². The van der Waals surface area contributed by atoms with Gasteiger partial charge in [0.2, 0.25) is 5.88 Å². The van der Waals surface area contributed by atoms with Gasteiger partial charge in [0, 0.05) is 37.1 Å². The number of nitrogens with zero attached hydrogens (tertiary/aromatic N) is 6. The predicted octanol–water partition coefficient (Wildman–Crippen LogP) is 1.38. The number of pyridine rings is 1. The molecular weight excluding hydrogens is 306 g/mol. The summed E-state index contributed by atoms with van der Waals surface area (Å²) in [6.45, 7) is 4.03. The van der Waals surface area contributed by atoms with Crippen molar-refractivity contribution in [3.63, 3.8) is 0 Å². The maximum atomic E-state index is 5.67. The SMILES string of the molecule is Cc1cc(NCc2ccnc(OCCN(C)C)c2)n2ncnc2n1. The monoisotopic (exact) mass is 327 g/mol. The number of hydrogen-bond donors (Lipinski definition) is 1. The van der Waals surface area contributed by atoms with Crippen LogP contribution in [0.15, 0.2) is 30.7 Å². The summed E-state index contributed by atoms with van der Waals surface area (Å²) in [6.07, 6.45) is 3.25. The maximum Gasteiger partial charge on any atom is 0.254 e. The summed E-state index contributed by atoms with van der Waals surface area (Å²) in [6, 6.07) is 5.84. The van der Waals surface area contributed by atoms with Crippen LogP contribution in [0, 0.1) is 6.92 Å². The van der Waals surface area contributed by atoms with Crippen LogP contribution in [0.5, 0.6) is 5.88 Å². The van der Waals surface area contributed by atoms with Gasteiger partial charge in [0.05, 0.1) is 0 Å². The van der Waals surface area contributed by atoms with E-state index in [1.54, 1.807) is 10.7 Å². The predicted molar refractivity (Wildman–Crippen MR) is 91.1 cm³/mol. The number of rotatable bonds is 7. The average Bonchev–Trinajstić information content (AvgIpc) is 3.01. The van der Waals surface area contributed by atoms with Crippen LogP contribution in [0.25, 0.3) is 5.78 Å². The summed E-state index contributed by atoms with van der Waals surface area (Å²) >= 11 is 0. The molecule has 0 saturated carbocycles. The van der Waals surface area contributed by atoms with E-state index in [0.717, 1.165) is 23.6 Å². The molecule has 0 fully saturated rings. The number of anilines is 1. The Hall–Kier alpha value is -2.74. The smallest absolute Gasteiger partial charge is 0.254 e. The molecule has 0 spiro atoms. The second-order valence-corrected chi connectivity index (χ2v) is 5.76. The second kappa shape index (κ2) is 7.22. The fourth-order valence-electron chi connectivity index (χ4n) is 2.22. The first kappa shape index (κ1) is 16.1. The molecule has 0 atom stereocenters. The van der Waals surface area contributed by atoms with Crippen LogP contribution in [0.4, 0.5) is 5.82 Å². The minimum Gasteiger partial charge on any atom is -0.476 e. The third-order valence-corrected chi connectivity index (χ3v) is 3.44.